The maximum absolute atomic E-state index is 5.47. The number of hydrazine groups is 1. The van der Waals surface area contributed by atoms with Crippen molar-refractivity contribution in [1.29, 1.82) is 0 Å². The van der Waals surface area contributed by atoms with Crippen LogP contribution in [-0.4, -0.2) is 4.98 Å². The highest BCUT2D eigenvalue weighted by molar-refractivity contribution is 7.09. The molecule has 1 aromatic rings. The van der Waals surface area contributed by atoms with E-state index < -0.39 is 0 Å². The molecule has 0 aliphatic heterocycles. The summed E-state index contributed by atoms with van der Waals surface area (Å²) in [6.45, 7) is 4.35. The van der Waals surface area contributed by atoms with Gasteiger partial charge in [-0.2, -0.15) is 0 Å². The summed E-state index contributed by atoms with van der Waals surface area (Å²) in [5, 5.41) is 0. The van der Waals surface area contributed by atoms with Crippen molar-refractivity contribution >= 4 is 11.3 Å². The van der Waals surface area contributed by atoms with E-state index in [0.717, 1.165) is 6.42 Å². The van der Waals surface area contributed by atoms with Gasteiger partial charge >= 0.3 is 0 Å². The van der Waals surface area contributed by atoms with E-state index in [1.54, 1.807) is 11.3 Å². The molecule has 0 aliphatic rings. The van der Waals surface area contributed by atoms with E-state index >= 15 is 0 Å². The Morgan fingerprint density at radius 3 is 2.92 bits per heavy atom. The molecule has 0 amide bonds. The van der Waals surface area contributed by atoms with Crippen LogP contribution in [-0.2, 0) is 0 Å². The zero-order valence-electron chi connectivity index (χ0n) is 7.45. The molecule has 3 nitrogen and oxygen atoms in total. The van der Waals surface area contributed by atoms with Gasteiger partial charge in [-0.05, 0) is 5.92 Å². The molecule has 0 aliphatic carbocycles. The van der Waals surface area contributed by atoms with Gasteiger partial charge in [-0.25, -0.2) is 0 Å². The number of hydrogen-bond donors (Lipinski definition) is 2. The Hall–Kier alpha value is -0.450. The van der Waals surface area contributed by atoms with Crippen molar-refractivity contribution in [3.8, 4) is 0 Å². The Balaban J connectivity index is 2.69. The van der Waals surface area contributed by atoms with Crippen LogP contribution in [0.3, 0.4) is 0 Å². The normalized spacial score (nSPS) is 15.9. The van der Waals surface area contributed by atoms with Gasteiger partial charge in [0, 0.05) is 11.1 Å². The molecular weight excluding hydrogens is 170 g/mol. The predicted octanol–water partition coefficient (Wildman–Crippen LogP) is 1.69. The maximum atomic E-state index is 5.47. The predicted molar refractivity (Wildman–Crippen MR) is 51.6 cm³/mol. The van der Waals surface area contributed by atoms with E-state index in [2.05, 4.69) is 24.3 Å². The Morgan fingerprint density at radius 2 is 2.50 bits per heavy atom. The molecule has 0 saturated carbocycles. The first-order chi connectivity index (χ1) is 5.79. The van der Waals surface area contributed by atoms with E-state index in [4.69, 9.17) is 5.84 Å². The van der Waals surface area contributed by atoms with Crippen LogP contribution in [0.5, 0.6) is 0 Å². The molecule has 1 aromatic heterocycles. The second-order valence-electron chi connectivity index (χ2n) is 2.93. The molecule has 0 aromatic carbocycles. The van der Waals surface area contributed by atoms with E-state index in [-0.39, 0.29) is 6.04 Å². The number of thiazole rings is 1. The molecule has 2 atom stereocenters. The summed E-state index contributed by atoms with van der Waals surface area (Å²) in [5.41, 5.74) is 4.66. The second kappa shape index (κ2) is 4.54. The molecule has 0 radical (unpaired) electrons. The lowest BCUT2D eigenvalue weighted by Gasteiger charge is -2.19. The summed E-state index contributed by atoms with van der Waals surface area (Å²) in [6, 6.07) is 0.252. The van der Waals surface area contributed by atoms with Gasteiger partial charge in [-0.15, -0.1) is 11.3 Å². The topological polar surface area (TPSA) is 50.9 Å². The Morgan fingerprint density at radius 1 is 1.75 bits per heavy atom. The zero-order valence-corrected chi connectivity index (χ0v) is 8.27. The van der Waals surface area contributed by atoms with Crippen LogP contribution in [0.15, 0.2) is 11.7 Å². The third-order valence-corrected chi connectivity index (χ3v) is 3.01. The minimum absolute atomic E-state index is 0.252. The minimum Gasteiger partial charge on any atom is -0.271 e. The van der Waals surface area contributed by atoms with Crippen LogP contribution in [0.1, 0.15) is 31.2 Å². The van der Waals surface area contributed by atoms with Crippen LogP contribution >= 0.6 is 11.3 Å². The Bertz CT molecular complexity index is 210. The fraction of sp³-hybridized carbons (Fsp3) is 0.625. The first-order valence-electron chi connectivity index (χ1n) is 4.14. The molecule has 0 saturated heterocycles. The monoisotopic (exact) mass is 185 g/mol. The SMILES string of the molecule is CCC(C)C(NN)c1cncs1. The standard InChI is InChI=1S/C8H15N3S/c1-3-6(2)8(11-9)7-4-10-5-12-7/h4-6,8,11H,3,9H2,1-2H3. The van der Waals surface area contributed by atoms with Gasteiger partial charge in [-0.1, -0.05) is 20.3 Å². The molecule has 1 heterocycles. The molecule has 0 spiro atoms. The average molecular weight is 185 g/mol. The van der Waals surface area contributed by atoms with Gasteiger partial charge in [0.15, 0.2) is 0 Å². The van der Waals surface area contributed by atoms with Gasteiger partial charge in [-0.3, -0.25) is 16.3 Å². The van der Waals surface area contributed by atoms with Crippen LogP contribution in [0.4, 0.5) is 0 Å². The first kappa shape index (κ1) is 9.64. The van der Waals surface area contributed by atoms with Crippen molar-refractivity contribution < 1.29 is 0 Å². The van der Waals surface area contributed by atoms with Gasteiger partial charge in [0.1, 0.15) is 0 Å². The molecule has 4 heteroatoms. The van der Waals surface area contributed by atoms with Crippen LogP contribution in [0.2, 0.25) is 0 Å². The van der Waals surface area contributed by atoms with Gasteiger partial charge in [0.25, 0.3) is 0 Å². The molecule has 1 rings (SSSR count). The average Bonchev–Trinajstić information content (AvgIpc) is 2.58. The van der Waals surface area contributed by atoms with E-state index in [1.165, 1.54) is 4.88 Å². The van der Waals surface area contributed by atoms with Gasteiger partial charge in [0.05, 0.1) is 11.6 Å². The molecule has 2 unspecified atom stereocenters. The second-order valence-corrected chi connectivity index (χ2v) is 3.85. The van der Waals surface area contributed by atoms with Crippen molar-refractivity contribution in [3.05, 3.63) is 16.6 Å². The molecule has 0 bridgehead atoms. The first-order valence-corrected chi connectivity index (χ1v) is 5.02. The van der Waals surface area contributed by atoms with Crippen LogP contribution < -0.4 is 11.3 Å². The van der Waals surface area contributed by atoms with Gasteiger partial charge < -0.3 is 0 Å². The fourth-order valence-corrected chi connectivity index (χ4v) is 1.95. The minimum atomic E-state index is 0.252. The molecule has 68 valence electrons. The van der Waals surface area contributed by atoms with Gasteiger partial charge in [0.2, 0.25) is 0 Å². The largest absolute Gasteiger partial charge is 0.271 e. The van der Waals surface area contributed by atoms with Crippen LogP contribution in [0, 0.1) is 5.92 Å². The summed E-state index contributed by atoms with van der Waals surface area (Å²) < 4.78 is 0. The summed E-state index contributed by atoms with van der Waals surface area (Å²) in [7, 11) is 0. The lowest BCUT2D eigenvalue weighted by Crippen LogP contribution is -2.31. The molecule has 12 heavy (non-hydrogen) atoms. The highest BCUT2D eigenvalue weighted by Gasteiger charge is 2.17. The van der Waals surface area contributed by atoms with Crippen molar-refractivity contribution in [2.75, 3.05) is 0 Å². The quantitative estimate of drug-likeness (QED) is 0.554. The summed E-state index contributed by atoms with van der Waals surface area (Å²) in [4.78, 5) is 5.25. The summed E-state index contributed by atoms with van der Waals surface area (Å²) >= 11 is 1.65. The van der Waals surface area contributed by atoms with Crippen molar-refractivity contribution in [2.24, 2.45) is 11.8 Å². The lowest BCUT2D eigenvalue weighted by atomic mass is 9.99. The van der Waals surface area contributed by atoms with E-state index in [1.807, 2.05) is 11.7 Å². The Labute approximate surface area is 77.0 Å². The number of nitrogens with two attached hydrogens (primary N) is 1. The third-order valence-electron chi connectivity index (χ3n) is 2.15. The zero-order chi connectivity index (χ0) is 8.97. The van der Waals surface area contributed by atoms with E-state index in [9.17, 15) is 0 Å². The van der Waals surface area contributed by atoms with Crippen LogP contribution in [0.25, 0.3) is 0 Å². The highest BCUT2D eigenvalue weighted by atomic mass is 32.1. The summed E-state index contributed by atoms with van der Waals surface area (Å²) in [6.07, 6.45) is 2.99. The Kier molecular flexibility index (Phi) is 3.65. The third kappa shape index (κ3) is 2.03. The highest BCUT2D eigenvalue weighted by Crippen LogP contribution is 2.25. The number of nitrogens with one attached hydrogen (secondary N) is 1. The van der Waals surface area contributed by atoms with Crippen molar-refractivity contribution in [3.63, 3.8) is 0 Å². The number of hydrogen-bond acceptors (Lipinski definition) is 4. The molecule has 3 N–H and O–H groups in total. The smallest absolute Gasteiger partial charge is 0.0794 e. The van der Waals surface area contributed by atoms with Crippen molar-refractivity contribution in [2.45, 2.75) is 26.3 Å². The molecular formula is C8H15N3S. The lowest BCUT2D eigenvalue weighted by molar-refractivity contribution is 0.388. The number of rotatable bonds is 4. The maximum Gasteiger partial charge on any atom is 0.0794 e. The van der Waals surface area contributed by atoms with E-state index in [0.29, 0.717) is 5.92 Å². The number of aromatic nitrogens is 1. The number of nitrogens with zero attached hydrogens (tertiary/aromatic N) is 1. The summed E-state index contributed by atoms with van der Waals surface area (Å²) in [5.74, 6) is 6.02. The van der Waals surface area contributed by atoms with Crippen molar-refractivity contribution in [1.82, 2.24) is 10.4 Å². The fourth-order valence-electron chi connectivity index (χ4n) is 1.14. The molecule has 0 fully saturated rings.